The number of alkyl halides is 2. The van der Waals surface area contributed by atoms with E-state index >= 15 is 0 Å². The van der Waals surface area contributed by atoms with Gasteiger partial charge in [-0.05, 0) is 78.4 Å². The number of para-hydroxylation sites is 1. The van der Waals surface area contributed by atoms with Crippen molar-refractivity contribution >= 4 is 23.0 Å². The highest BCUT2D eigenvalue weighted by Crippen LogP contribution is 2.50. The molecule has 0 aromatic heterocycles. The smallest absolute Gasteiger partial charge is 0.387 e. The molecule has 1 fully saturated rings. The van der Waals surface area contributed by atoms with Crippen molar-refractivity contribution in [3.8, 4) is 22.6 Å². The molecule has 4 aromatic carbocycles. The summed E-state index contributed by atoms with van der Waals surface area (Å²) in [5.41, 5.74) is 5.25. The van der Waals surface area contributed by atoms with Gasteiger partial charge in [0.25, 0.3) is 0 Å². The summed E-state index contributed by atoms with van der Waals surface area (Å²) in [4.78, 5) is 2.32. The summed E-state index contributed by atoms with van der Waals surface area (Å²) in [6.07, 6.45) is 2.00. The minimum atomic E-state index is -2.93. The largest absolute Gasteiger partial charge is 0.480 e. The molecule has 182 valence electrons. The van der Waals surface area contributed by atoms with Crippen LogP contribution in [0.4, 0.5) is 20.2 Å². The van der Waals surface area contributed by atoms with Crippen molar-refractivity contribution in [2.75, 3.05) is 11.4 Å². The summed E-state index contributed by atoms with van der Waals surface area (Å²) in [7, 11) is 0. The summed E-state index contributed by atoms with van der Waals surface area (Å²) in [5, 5.41) is 0.606. The Hall–Kier alpha value is -3.57. The van der Waals surface area contributed by atoms with Crippen LogP contribution in [-0.2, 0) is 0 Å². The van der Waals surface area contributed by atoms with Crippen LogP contribution in [0.25, 0.3) is 11.1 Å². The van der Waals surface area contributed by atoms with E-state index in [1.165, 1.54) is 12.8 Å². The molecular formula is C30H24ClF2NO2. The Bertz CT molecular complexity index is 1390. The first kappa shape index (κ1) is 22.9. The maximum absolute atomic E-state index is 13.3. The van der Waals surface area contributed by atoms with Crippen LogP contribution in [0.3, 0.4) is 0 Å². The van der Waals surface area contributed by atoms with E-state index in [0.717, 1.165) is 34.6 Å². The first-order chi connectivity index (χ1) is 17.6. The van der Waals surface area contributed by atoms with Gasteiger partial charge in [0.15, 0.2) is 0 Å². The van der Waals surface area contributed by atoms with E-state index in [1.807, 2.05) is 48.5 Å². The maximum Gasteiger partial charge on any atom is 0.387 e. The lowest BCUT2D eigenvalue weighted by Gasteiger charge is -2.32. The van der Waals surface area contributed by atoms with Gasteiger partial charge in [-0.2, -0.15) is 8.78 Å². The molecule has 1 atom stereocenters. The summed E-state index contributed by atoms with van der Waals surface area (Å²) in [6, 6.07) is 29.0. The summed E-state index contributed by atoms with van der Waals surface area (Å²) < 4.78 is 37.9. The third kappa shape index (κ3) is 4.51. The van der Waals surface area contributed by atoms with Crippen molar-refractivity contribution in [1.29, 1.82) is 0 Å². The Labute approximate surface area is 213 Å². The van der Waals surface area contributed by atoms with Gasteiger partial charge in [0.05, 0.1) is 5.56 Å². The molecule has 4 aromatic rings. The number of nitrogens with zero attached hydrogens (tertiary/aromatic N) is 1. The van der Waals surface area contributed by atoms with Crippen LogP contribution >= 0.6 is 11.6 Å². The standard InChI is InChI=1S/C30H24ClF2NO2/c31-21-7-4-6-20(16-21)29-25-17-23(34(18-19-12-13-19)22-8-2-1-3-9-22)14-15-24(25)28-26(35-29)10-5-11-27(28)36-30(32)33/h1-11,14-17,19,29-30H,12-13,18H2. The lowest BCUT2D eigenvalue weighted by molar-refractivity contribution is -0.0496. The number of benzene rings is 4. The van der Waals surface area contributed by atoms with Crippen molar-refractivity contribution in [3.05, 3.63) is 107 Å². The van der Waals surface area contributed by atoms with Crippen LogP contribution in [0.5, 0.6) is 11.5 Å². The third-order valence-electron chi connectivity index (χ3n) is 6.70. The molecular weight excluding hydrogens is 480 g/mol. The molecule has 3 nitrogen and oxygen atoms in total. The van der Waals surface area contributed by atoms with Crippen LogP contribution in [0, 0.1) is 5.92 Å². The highest BCUT2D eigenvalue weighted by atomic mass is 35.5. The SMILES string of the molecule is FC(F)Oc1cccc2c1-c1ccc(N(CC3CC3)c3ccccc3)cc1C(c1cccc(Cl)c1)O2. The van der Waals surface area contributed by atoms with E-state index in [9.17, 15) is 8.78 Å². The molecule has 0 saturated heterocycles. The number of halogens is 3. The zero-order valence-electron chi connectivity index (χ0n) is 19.4. The summed E-state index contributed by atoms with van der Waals surface area (Å²) >= 11 is 6.33. The van der Waals surface area contributed by atoms with E-state index in [1.54, 1.807) is 18.2 Å². The topological polar surface area (TPSA) is 21.7 Å². The molecule has 6 heteroatoms. The third-order valence-corrected chi connectivity index (χ3v) is 6.94. The Balaban J connectivity index is 1.52. The molecule has 1 aliphatic carbocycles. The van der Waals surface area contributed by atoms with Gasteiger partial charge in [-0.15, -0.1) is 0 Å². The Morgan fingerprint density at radius 3 is 2.44 bits per heavy atom. The van der Waals surface area contributed by atoms with Crippen LogP contribution < -0.4 is 14.4 Å². The fourth-order valence-corrected chi connectivity index (χ4v) is 5.06. The van der Waals surface area contributed by atoms with Crippen LogP contribution in [0.15, 0.2) is 91.0 Å². The van der Waals surface area contributed by atoms with Crippen LogP contribution in [0.1, 0.15) is 30.1 Å². The zero-order chi connectivity index (χ0) is 24.6. The number of hydrogen-bond acceptors (Lipinski definition) is 3. The number of hydrogen-bond donors (Lipinski definition) is 0. The van der Waals surface area contributed by atoms with Gasteiger partial charge in [0, 0.05) is 28.5 Å². The number of anilines is 2. The van der Waals surface area contributed by atoms with Gasteiger partial charge in [0.2, 0.25) is 0 Å². The van der Waals surface area contributed by atoms with Crippen molar-refractivity contribution in [3.63, 3.8) is 0 Å². The molecule has 1 aliphatic heterocycles. The Morgan fingerprint density at radius 2 is 1.69 bits per heavy atom. The molecule has 0 N–H and O–H groups in total. The number of ether oxygens (including phenoxy) is 2. The van der Waals surface area contributed by atoms with Crippen molar-refractivity contribution in [2.24, 2.45) is 5.92 Å². The summed E-state index contributed by atoms with van der Waals surface area (Å²) in [6.45, 7) is -2.01. The van der Waals surface area contributed by atoms with Crippen molar-refractivity contribution in [1.82, 2.24) is 0 Å². The van der Waals surface area contributed by atoms with Crippen LogP contribution in [-0.4, -0.2) is 13.2 Å². The van der Waals surface area contributed by atoms with Crippen molar-refractivity contribution < 1.29 is 18.3 Å². The zero-order valence-corrected chi connectivity index (χ0v) is 20.2. The lowest BCUT2D eigenvalue weighted by Crippen LogP contribution is -2.22. The highest BCUT2D eigenvalue weighted by Gasteiger charge is 2.32. The van der Waals surface area contributed by atoms with E-state index in [2.05, 4.69) is 29.2 Å². The van der Waals surface area contributed by atoms with Crippen molar-refractivity contribution in [2.45, 2.75) is 25.6 Å². The average molecular weight is 504 g/mol. The second kappa shape index (κ2) is 9.47. The minimum absolute atomic E-state index is 0.0962. The number of fused-ring (bicyclic) bond motifs is 3. The lowest BCUT2D eigenvalue weighted by atomic mass is 9.88. The predicted molar refractivity (Wildman–Crippen MR) is 139 cm³/mol. The van der Waals surface area contributed by atoms with Gasteiger partial charge >= 0.3 is 6.61 Å². The van der Waals surface area contributed by atoms with Gasteiger partial charge in [0.1, 0.15) is 17.6 Å². The Morgan fingerprint density at radius 1 is 0.889 bits per heavy atom. The van der Waals surface area contributed by atoms with Gasteiger partial charge in [-0.1, -0.05) is 54.1 Å². The second-order valence-electron chi connectivity index (χ2n) is 9.22. The number of rotatable bonds is 7. The molecule has 6 rings (SSSR count). The molecule has 1 saturated carbocycles. The molecule has 2 aliphatic rings. The van der Waals surface area contributed by atoms with E-state index in [-0.39, 0.29) is 5.75 Å². The molecule has 0 spiro atoms. The quantitative estimate of drug-likeness (QED) is 0.252. The minimum Gasteiger partial charge on any atom is -0.480 e. The van der Waals surface area contributed by atoms with E-state index < -0.39 is 12.7 Å². The normalized spacial score (nSPS) is 16.2. The van der Waals surface area contributed by atoms with E-state index in [4.69, 9.17) is 21.1 Å². The fraction of sp³-hybridized carbons (Fsp3) is 0.200. The van der Waals surface area contributed by atoms with Gasteiger partial charge in [-0.3, -0.25) is 0 Å². The predicted octanol–water partition coefficient (Wildman–Crippen LogP) is 8.64. The molecule has 1 heterocycles. The molecule has 0 amide bonds. The first-order valence-corrected chi connectivity index (χ1v) is 12.4. The molecule has 0 bridgehead atoms. The first-order valence-electron chi connectivity index (χ1n) is 12.0. The summed E-state index contributed by atoms with van der Waals surface area (Å²) in [5.74, 6) is 1.25. The average Bonchev–Trinajstić information content (AvgIpc) is 3.71. The Kier molecular flexibility index (Phi) is 6.02. The van der Waals surface area contributed by atoms with Crippen LogP contribution in [0.2, 0.25) is 5.02 Å². The van der Waals surface area contributed by atoms with E-state index in [0.29, 0.717) is 22.3 Å². The van der Waals surface area contributed by atoms with Gasteiger partial charge in [-0.25, -0.2) is 0 Å². The molecule has 1 unspecified atom stereocenters. The maximum atomic E-state index is 13.3. The monoisotopic (exact) mass is 503 g/mol. The molecule has 0 radical (unpaired) electrons. The van der Waals surface area contributed by atoms with Gasteiger partial charge < -0.3 is 14.4 Å². The molecule has 36 heavy (non-hydrogen) atoms. The highest BCUT2D eigenvalue weighted by molar-refractivity contribution is 6.30. The second-order valence-corrected chi connectivity index (χ2v) is 9.66. The fourth-order valence-electron chi connectivity index (χ4n) is 4.87.